The molecule has 0 atom stereocenters. The Hall–Kier alpha value is -0.750. The predicted octanol–water partition coefficient (Wildman–Crippen LogP) is 1.57. The second-order valence-electron chi connectivity index (χ2n) is 2.35. The molecule has 0 unspecified atom stereocenters. The van der Waals surface area contributed by atoms with Crippen molar-refractivity contribution < 1.29 is 13.9 Å². The van der Waals surface area contributed by atoms with Gasteiger partial charge in [-0.15, -0.1) is 0 Å². The van der Waals surface area contributed by atoms with Crippen molar-refractivity contribution in [1.29, 1.82) is 0 Å². The third-order valence-corrected chi connectivity index (χ3v) is 2.16. The van der Waals surface area contributed by atoms with Crippen LogP contribution in [0.2, 0.25) is 0 Å². The number of nitrogens with one attached hydrogen (secondary N) is 1. The molecule has 13 heavy (non-hydrogen) atoms. The van der Waals surface area contributed by atoms with E-state index >= 15 is 0 Å². The lowest BCUT2D eigenvalue weighted by molar-refractivity contribution is 0.149. The number of rotatable bonds is 2. The molecule has 0 saturated heterocycles. The average Bonchev–Trinajstić information content (AvgIpc) is 2.03. The first kappa shape index (κ1) is 10.3. The van der Waals surface area contributed by atoms with E-state index in [0.29, 0.717) is 0 Å². The number of pyridine rings is 1. The van der Waals surface area contributed by atoms with Gasteiger partial charge in [-0.2, -0.15) is 0 Å². The van der Waals surface area contributed by atoms with E-state index in [4.69, 9.17) is 5.11 Å². The highest BCUT2D eigenvalue weighted by Gasteiger charge is 2.14. The Morgan fingerprint density at radius 1 is 1.62 bits per heavy atom. The van der Waals surface area contributed by atoms with Crippen molar-refractivity contribution in [3.8, 4) is 0 Å². The van der Waals surface area contributed by atoms with Gasteiger partial charge in [0.15, 0.2) is 0 Å². The molecule has 0 spiro atoms. The lowest BCUT2D eigenvalue weighted by atomic mass is 10.2. The van der Waals surface area contributed by atoms with Crippen molar-refractivity contribution in [1.82, 2.24) is 4.98 Å². The standard InChI is InChI=1S/C7H6BrF2NO2/c8-5-4(6(9)10)1-3(2-12)7(13)11-5/h1,6,12H,2H2,(H,11,13). The largest absolute Gasteiger partial charge is 0.391 e. The van der Waals surface area contributed by atoms with Gasteiger partial charge in [-0.05, 0) is 22.0 Å². The minimum absolute atomic E-state index is 0.0512. The second kappa shape index (κ2) is 3.97. The summed E-state index contributed by atoms with van der Waals surface area (Å²) in [7, 11) is 0. The molecule has 0 aliphatic heterocycles. The molecule has 0 aliphatic rings. The van der Waals surface area contributed by atoms with Gasteiger partial charge in [0.05, 0.1) is 11.2 Å². The molecule has 1 aromatic rings. The summed E-state index contributed by atoms with van der Waals surface area (Å²) in [6, 6.07) is 0.980. The molecule has 0 aromatic carbocycles. The maximum Gasteiger partial charge on any atom is 0.266 e. The lowest BCUT2D eigenvalue weighted by Gasteiger charge is -2.04. The normalized spacial score (nSPS) is 10.8. The number of aromatic amines is 1. The van der Waals surface area contributed by atoms with Gasteiger partial charge in [-0.3, -0.25) is 4.79 Å². The molecule has 0 aliphatic carbocycles. The van der Waals surface area contributed by atoms with Crippen molar-refractivity contribution in [2.75, 3.05) is 0 Å². The second-order valence-corrected chi connectivity index (χ2v) is 3.14. The van der Waals surface area contributed by atoms with Crippen molar-refractivity contribution >= 4 is 15.9 Å². The van der Waals surface area contributed by atoms with Crippen molar-refractivity contribution in [2.24, 2.45) is 0 Å². The van der Waals surface area contributed by atoms with Gasteiger partial charge in [0.2, 0.25) is 0 Å². The molecular formula is C7H6BrF2NO2. The highest BCUT2D eigenvalue weighted by atomic mass is 79.9. The van der Waals surface area contributed by atoms with E-state index < -0.39 is 18.6 Å². The summed E-state index contributed by atoms with van der Waals surface area (Å²) < 4.78 is 24.4. The summed E-state index contributed by atoms with van der Waals surface area (Å²) in [4.78, 5) is 13.1. The van der Waals surface area contributed by atoms with Crippen LogP contribution in [0.15, 0.2) is 15.5 Å². The van der Waals surface area contributed by atoms with Crippen LogP contribution in [0.5, 0.6) is 0 Å². The van der Waals surface area contributed by atoms with Crippen molar-refractivity contribution in [3.63, 3.8) is 0 Å². The summed E-state index contributed by atoms with van der Waals surface area (Å²) in [5.41, 5.74) is -0.971. The van der Waals surface area contributed by atoms with Gasteiger partial charge in [-0.25, -0.2) is 8.78 Å². The first-order valence-electron chi connectivity index (χ1n) is 3.37. The van der Waals surface area contributed by atoms with Crippen LogP contribution in [0.3, 0.4) is 0 Å². The minimum atomic E-state index is -2.68. The van der Waals surface area contributed by atoms with Crippen LogP contribution < -0.4 is 5.56 Å². The molecule has 6 heteroatoms. The van der Waals surface area contributed by atoms with Crippen LogP contribution in [0.1, 0.15) is 17.6 Å². The van der Waals surface area contributed by atoms with Gasteiger partial charge < -0.3 is 10.1 Å². The number of H-pyrrole nitrogens is 1. The molecule has 0 radical (unpaired) electrons. The van der Waals surface area contributed by atoms with E-state index in [2.05, 4.69) is 20.9 Å². The minimum Gasteiger partial charge on any atom is -0.391 e. The topological polar surface area (TPSA) is 53.1 Å². The SMILES string of the molecule is O=c1[nH]c(Br)c(C(F)F)cc1CO. The number of aliphatic hydroxyl groups excluding tert-OH is 1. The Kier molecular flexibility index (Phi) is 3.16. The van der Waals surface area contributed by atoms with E-state index in [1.807, 2.05) is 0 Å². The Morgan fingerprint density at radius 2 is 2.23 bits per heavy atom. The Balaban J connectivity index is 3.31. The number of hydrogen-bond acceptors (Lipinski definition) is 2. The molecule has 1 aromatic heterocycles. The summed E-state index contributed by atoms with van der Waals surface area (Å²) in [5.74, 6) is 0. The van der Waals surface area contributed by atoms with Gasteiger partial charge in [0.25, 0.3) is 12.0 Å². The quantitative estimate of drug-likeness (QED) is 0.787. The Morgan fingerprint density at radius 3 is 2.69 bits per heavy atom. The van der Waals surface area contributed by atoms with Crippen molar-refractivity contribution in [2.45, 2.75) is 13.0 Å². The monoisotopic (exact) mass is 253 g/mol. The fourth-order valence-corrected chi connectivity index (χ4v) is 1.31. The zero-order valence-corrected chi connectivity index (χ0v) is 7.94. The van der Waals surface area contributed by atoms with E-state index in [9.17, 15) is 13.6 Å². The smallest absolute Gasteiger partial charge is 0.266 e. The van der Waals surface area contributed by atoms with Crippen LogP contribution in [-0.2, 0) is 6.61 Å². The Labute approximate surface area is 80.5 Å². The van der Waals surface area contributed by atoms with Crippen LogP contribution in [0.4, 0.5) is 8.78 Å². The molecule has 0 bridgehead atoms. The third-order valence-electron chi connectivity index (χ3n) is 1.50. The molecule has 0 amide bonds. The maximum atomic E-state index is 12.2. The molecule has 72 valence electrons. The molecule has 1 heterocycles. The van der Waals surface area contributed by atoms with Gasteiger partial charge >= 0.3 is 0 Å². The number of hydrogen-bond donors (Lipinski definition) is 2. The Bertz CT molecular complexity index is 364. The number of halogens is 3. The lowest BCUT2D eigenvalue weighted by Crippen LogP contribution is -2.14. The number of alkyl halides is 2. The fraction of sp³-hybridized carbons (Fsp3) is 0.286. The van der Waals surface area contributed by atoms with Gasteiger partial charge in [0.1, 0.15) is 0 Å². The molecule has 0 fully saturated rings. The van der Waals surface area contributed by atoms with Gasteiger partial charge in [0, 0.05) is 11.1 Å². The van der Waals surface area contributed by atoms with Crippen LogP contribution in [0.25, 0.3) is 0 Å². The molecule has 2 N–H and O–H groups in total. The summed E-state index contributed by atoms with van der Waals surface area (Å²) in [6.07, 6.45) is -2.68. The van der Waals surface area contributed by atoms with Crippen LogP contribution >= 0.6 is 15.9 Å². The highest BCUT2D eigenvalue weighted by molar-refractivity contribution is 9.10. The first-order chi connectivity index (χ1) is 6.06. The molecule has 0 saturated carbocycles. The summed E-state index contributed by atoms with van der Waals surface area (Å²) >= 11 is 2.79. The summed E-state index contributed by atoms with van der Waals surface area (Å²) in [6.45, 7) is -0.553. The van der Waals surface area contributed by atoms with E-state index in [1.165, 1.54) is 0 Å². The summed E-state index contributed by atoms with van der Waals surface area (Å²) in [5, 5.41) is 8.64. The molecule has 1 rings (SSSR count). The first-order valence-corrected chi connectivity index (χ1v) is 4.16. The van der Waals surface area contributed by atoms with E-state index in [-0.39, 0.29) is 15.7 Å². The van der Waals surface area contributed by atoms with Crippen LogP contribution in [-0.4, -0.2) is 10.1 Å². The van der Waals surface area contributed by atoms with Crippen molar-refractivity contribution in [3.05, 3.63) is 32.2 Å². The number of aromatic nitrogens is 1. The van der Waals surface area contributed by atoms with E-state index in [0.717, 1.165) is 6.07 Å². The predicted molar refractivity (Wildman–Crippen MR) is 45.6 cm³/mol. The van der Waals surface area contributed by atoms with Gasteiger partial charge in [-0.1, -0.05) is 0 Å². The molecule has 3 nitrogen and oxygen atoms in total. The zero-order valence-electron chi connectivity index (χ0n) is 6.35. The maximum absolute atomic E-state index is 12.2. The average molecular weight is 254 g/mol. The highest BCUT2D eigenvalue weighted by Crippen LogP contribution is 2.24. The van der Waals surface area contributed by atoms with Crippen LogP contribution in [0, 0.1) is 0 Å². The zero-order chi connectivity index (χ0) is 10.0. The molecular weight excluding hydrogens is 248 g/mol. The third kappa shape index (κ3) is 2.13. The number of aliphatic hydroxyl groups is 1. The fourth-order valence-electron chi connectivity index (χ4n) is 0.845. The van der Waals surface area contributed by atoms with E-state index in [1.54, 1.807) is 0 Å².